The predicted molar refractivity (Wildman–Crippen MR) is 143 cm³/mol. The number of carbonyl (C=O) groups is 1. The zero-order valence-corrected chi connectivity index (χ0v) is 20.7. The molecule has 2 aromatic carbocycles. The smallest absolute Gasteiger partial charge is 0.254 e. The van der Waals surface area contributed by atoms with Gasteiger partial charge in [-0.3, -0.25) is 9.78 Å². The van der Waals surface area contributed by atoms with Crippen molar-refractivity contribution in [2.24, 2.45) is 5.92 Å². The molecule has 0 spiro atoms. The number of fused-ring (bicyclic) bond motifs is 1. The Hall–Kier alpha value is -3.02. The van der Waals surface area contributed by atoms with Crippen molar-refractivity contribution in [2.45, 2.75) is 24.7 Å². The van der Waals surface area contributed by atoms with Gasteiger partial charge in [-0.2, -0.15) is 11.3 Å². The van der Waals surface area contributed by atoms with Gasteiger partial charge in [-0.25, -0.2) is 0 Å². The first-order valence-corrected chi connectivity index (χ1v) is 13.6. The minimum atomic E-state index is 0.165. The number of amides is 1. The number of hydrogen-bond donors (Lipinski definition) is 0. The minimum absolute atomic E-state index is 0.165. The van der Waals surface area contributed by atoms with Gasteiger partial charge in [0.15, 0.2) is 0 Å². The van der Waals surface area contributed by atoms with Crippen molar-refractivity contribution in [3.63, 3.8) is 0 Å². The molecule has 2 saturated heterocycles. The van der Waals surface area contributed by atoms with Gasteiger partial charge in [0.25, 0.3) is 5.91 Å². The van der Waals surface area contributed by atoms with E-state index in [2.05, 4.69) is 61.9 Å². The van der Waals surface area contributed by atoms with Crippen LogP contribution in [0.4, 0.5) is 0 Å². The third-order valence-corrected chi connectivity index (χ3v) is 8.61. The van der Waals surface area contributed by atoms with E-state index in [4.69, 9.17) is 0 Å². The number of likely N-dealkylation sites (tertiary alicyclic amines) is 2. The summed E-state index contributed by atoms with van der Waals surface area (Å²) in [4.78, 5) is 23.0. The SMILES string of the molecule is O=C(c1cccc2ccccc12)N1CC(CN2CCC(c3ccccn3)CC2)C(c2ccsc2)C1. The largest absolute Gasteiger partial charge is 0.338 e. The van der Waals surface area contributed by atoms with Crippen LogP contribution in [0.25, 0.3) is 10.8 Å². The fraction of sp³-hybridized carbons (Fsp3) is 0.333. The molecule has 4 nitrogen and oxygen atoms in total. The molecule has 2 aliphatic rings. The molecular weight excluding hydrogens is 450 g/mol. The van der Waals surface area contributed by atoms with E-state index in [0.29, 0.717) is 17.8 Å². The first-order valence-electron chi connectivity index (χ1n) is 12.7. The number of carbonyl (C=O) groups excluding carboxylic acids is 1. The van der Waals surface area contributed by atoms with E-state index in [1.807, 2.05) is 36.5 Å². The molecule has 178 valence electrons. The van der Waals surface area contributed by atoms with Gasteiger partial charge >= 0.3 is 0 Å². The summed E-state index contributed by atoms with van der Waals surface area (Å²) in [5.41, 5.74) is 3.44. The molecule has 0 radical (unpaired) electrons. The lowest BCUT2D eigenvalue weighted by molar-refractivity contribution is 0.0783. The number of rotatable bonds is 5. The van der Waals surface area contributed by atoms with Crippen LogP contribution in [0.5, 0.6) is 0 Å². The first kappa shape index (κ1) is 22.4. The van der Waals surface area contributed by atoms with Crippen LogP contribution in [0.1, 0.15) is 46.3 Å². The van der Waals surface area contributed by atoms with Crippen molar-refractivity contribution in [3.8, 4) is 0 Å². The fourth-order valence-corrected chi connectivity index (χ4v) is 6.75. The summed E-state index contributed by atoms with van der Waals surface area (Å²) in [6.45, 7) is 4.88. The number of piperidine rings is 1. The summed E-state index contributed by atoms with van der Waals surface area (Å²) < 4.78 is 0. The van der Waals surface area contributed by atoms with Crippen LogP contribution in [0.15, 0.2) is 83.7 Å². The normalized spacial score (nSPS) is 21.5. The lowest BCUT2D eigenvalue weighted by Crippen LogP contribution is -2.38. The molecule has 4 heterocycles. The lowest BCUT2D eigenvalue weighted by Gasteiger charge is -2.34. The van der Waals surface area contributed by atoms with Crippen LogP contribution in [0.3, 0.4) is 0 Å². The summed E-state index contributed by atoms with van der Waals surface area (Å²) in [5.74, 6) is 1.58. The highest BCUT2D eigenvalue weighted by Crippen LogP contribution is 2.37. The number of pyridine rings is 1. The van der Waals surface area contributed by atoms with Gasteiger partial charge in [0.2, 0.25) is 0 Å². The number of hydrogen-bond acceptors (Lipinski definition) is 4. The molecule has 0 aliphatic carbocycles. The Labute approximate surface area is 211 Å². The Kier molecular flexibility index (Phi) is 6.36. The summed E-state index contributed by atoms with van der Waals surface area (Å²) in [7, 11) is 0. The molecule has 2 atom stereocenters. The van der Waals surface area contributed by atoms with Crippen LogP contribution in [-0.2, 0) is 0 Å². The van der Waals surface area contributed by atoms with Crippen LogP contribution in [0.2, 0.25) is 0 Å². The van der Waals surface area contributed by atoms with Crippen LogP contribution in [0, 0.1) is 5.92 Å². The van der Waals surface area contributed by atoms with Gasteiger partial charge in [-0.1, -0.05) is 42.5 Å². The predicted octanol–water partition coefficient (Wildman–Crippen LogP) is 6.03. The highest BCUT2D eigenvalue weighted by Gasteiger charge is 2.38. The van der Waals surface area contributed by atoms with Crippen molar-refractivity contribution >= 4 is 28.0 Å². The van der Waals surface area contributed by atoms with Crippen molar-refractivity contribution < 1.29 is 4.79 Å². The first-order chi connectivity index (χ1) is 17.3. The van der Waals surface area contributed by atoms with Gasteiger partial charge in [0, 0.05) is 48.9 Å². The Morgan fingerprint density at radius 1 is 0.943 bits per heavy atom. The standard InChI is InChI=1S/C30H31N3OS/c34-30(27-9-5-7-22-6-1-2-8-26(22)27)33-19-25(28(20-33)24-13-17-35-21-24)18-32-15-11-23(12-16-32)29-10-3-4-14-31-29/h1-10,13-14,17,21,23,25,28H,11-12,15-16,18-20H2. The maximum absolute atomic E-state index is 13.7. The van der Waals surface area contributed by atoms with E-state index in [1.165, 1.54) is 11.3 Å². The van der Waals surface area contributed by atoms with E-state index in [-0.39, 0.29) is 5.91 Å². The molecule has 2 aliphatic heterocycles. The highest BCUT2D eigenvalue weighted by molar-refractivity contribution is 7.08. The van der Waals surface area contributed by atoms with Crippen LogP contribution in [-0.4, -0.2) is 53.4 Å². The second kappa shape index (κ2) is 9.92. The van der Waals surface area contributed by atoms with Gasteiger partial charge in [0.1, 0.15) is 0 Å². The minimum Gasteiger partial charge on any atom is -0.338 e. The molecule has 0 saturated carbocycles. The molecule has 1 amide bonds. The van der Waals surface area contributed by atoms with Gasteiger partial charge in [-0.05, 0) is 83.2 Å². The van der Waals surface area contributed by atoms with Crippen molar-refractivity contribution in [3.05, 3.63) is 101 Å². The Morgan fingerprint density at radius 3 is 2.57 bits per heavy atom. The topological polar surface area (TPSA) is 36.4 Å². The number of benzene rings is 2. The third kappa shape index (κ3) is 4.63. The molecule has 0 bridgehead atoms. The molecule has 4 aromatic rings. The maximum atomic E-state index is 13.7. The number of thiophene rings is 1. The Balaban J connectivity index is 1.18. The molecular formula is C30H31N3OS. The van der Waals surface area contributed by atoms with Crippen LogP contribution < -0.4 is 0 Å². The average Bonchev–Trinajstić information content (AvgIpc) is 3.59. The van der Waals surface area contributed by atoms with E-state index in [9.17, 15) is 4.79 Å². The lowest BCUT2D eigenvalue weighted by atomic mass is 9.88. The second-order valence-corrected chi connectivity index (χ2v) is 10.8. The zero-order chi connectivity index (χ0) is 23.6. The monoisotopic (exact) mass is 481 g/mol. The molecule has 2 fully saturated rings. The van der Waals surface area contributed by atoms with Gasteiger partial charge in [0.05, 0.1) is 0 Å². The maximum Gasteiger partial charge on any atom is 0.254 e. The van der Waals surface area contributed by atoms with Gasteiger partial charge < -0.3 is 9.80 Å². The quantitative estimate of drug-likeness (QED) is 0.349. The molecule has 2 unspecified atom stereocenters. The molecule has 35 heavy (non-hydrogen) atoms. The Morgan fingerprint density at radius 2 is 1.77 bits per heavy atom. The van der Waals surface area contributed by atoms with E-state index >= 15 is 0 Å². The zero-order valence-electron chi connectivity index (χ0n) is 19.9. The third-order valence-electron chi connectivity index (χ3n) is 7.91. The summed E-state index contributed by atoms with van der Waals surface area (Å²) >= 11 is 1.76. The molecule has 2 aromatic heterocycles. The van der Waals surface area contributed by atoms with E-state index < -0.39 is 0 Å². The highest BCUT2D eigenvalue weighted by atomic mass is 32.1. The Bertz CT molecular complexity index is 1280. The van der Waals surface area contributed by atoms with Crippen LogP contribution >= 0.6 is 11.3 Å². The fourth-order valence-electron chi connectivity index (χ4n) is 6.03. The van der Waals surface area contributed by atoms with E-state index in [1.54, 1.807) is 11.3 Å². The summed E-state index contributed by atoms with van der Waals surface area (Å²) in [6, 6.07) is 22.8. The van der Waals surface area contributed by atoms with Crippen molar-refractivity contribution in [2.75, 3.05) is 32.7 Å². The molecule has 0 N–H and O–H groups in total. The summed E-state index contributed by atoms with van der Waals surface area (Å²) in [5, 5.41) is 6.61. The average molecular weight is 482 g/mol. The second-order valence-electron chi connectivity index (χ2n) is 9.99. The number of nitrogens with zero attached hydrogens (tertiary/aromatic N) is 3. The molecule has 6 rings (SSSR count). The number of aromatic nitrogens is 1. The van der Waals surface area contributed by atoms with Crippen molar-refractivity contribution in [1.29, 1.82) is 0 Å². The van der Waals surface area contributed by atoms with E-state index in [0.717, 1.165) is 61.9 Å². The summed E-state index contributed by atoms with van der Waals surface area (Å²) in [6.07, 6.45) is 4.23. The molecule has 5 heteroatoms. The van der Waals surface area contributed by atoms with Crippen molar-refractivity contribution in [1.82, 2.24) is 14.8 Å². The van der Waals surface area contributed by atoms with Gasteiger partial charge in [-0.15, -0.1) is 0 Å².